The molecule has 0 aliphatic carbocycles. The SMILES string of the molecule is COc1ccc([C@H](N)c2ccc(OC(F)(F)F)cc2)c(C(F)(F)F)c1.Cl. The molecular formula is C16H14ClF6NO2. The van der Waals surface area contributed by atoms with E-state index in [1.165, 1.54) is 31.4 Å². The first kappa shape index (κ1) is 21.9. The summed E-state index contributed by atoms with van der Waals surface area (Å²) in [5.41, 5.74) is 4.88. The van der Waals surface area contributed by atoms with Crippen molar-refractivity contribution in [2.24, 2.45) is 5.73 Å². The third-order valence-corrected chi connectivity index (χ3v) is 3.37. The lowest BCUT2D eigenvalue weighted by molar-refractivity contribution is -0.274. The lowest BCUT2D eigenvalue weighted by Gasteiger charge is -2.20. The minimum Gasteiger partial charge on any atom is -0.497 e. The van der Waals surface area contributed by atoms with Gasteiger partial charge in [0.15, 0.2) is 0 Å². The topological polar surface area (TPSA) is 44.5 Å². The molecule has 2 N–H and O–H groups in total. The van der Waals surface area contributed by atoms with Crippen molar-refractivity contribution in [3.8, 4) is 11.5 Å². The standard InChI is InChI=1S/C16H13F6NO2.ClH/c1-24-11-6-7-12(13(8-11)15(17,18)19)14(23)9-2-4-10(5-3-9)25-16(20,21)22;/h2-8,14H,23H2,1H3;1H/t14-;/m1./s1. The molecule has 26 heavy (non-hydrogen) atoms. The Morgan fingerprint density at radius 2 is 1.42 bits per heavy atom. The van der Waals surface area contributed by atoms with Crippen LogP contribution in [0.3, 0.4) is 0 Å². The van der Waals surface area contributed by atoms with E-state index in [0.29, 0.717) is 0 Å². The second kappa shape index (κ2) is 8.05. The zero-order valence-electron chi connectivity index (χ0n) is 13.2. The van der Waals surface area contributed by atoms with Crippen molar-refractivity contribution in [1.29, 1.82) is 0 Å². The van der Waals surface area contributed by atoms with Crippen molar-refractivity contribution >= 4 is 12.4 Å². The van der Waals surface area contributed by atoms with Crippen molar-refractivity contribution in [3.05, 3.63) is 59.2 Å². The van der Waals surface area contributed by atoms with Gasteiger partial charge in [0, 0.05) is 0 Å². The summed E-state index contributed by atoms with van der Waals surface area (Å²) >= 11 is 0. The number of benzene rings is 2. The number of nitrogens with two attached hydrogens (primary N) is 1. The fraction of sp³-hybridized carbons (Fsp3) is 0.250. The highest BCUT2D eigenvalue weighted by atomic mass is 35.5. The Morgan fingerprint density at radius 1 is 0.885 bits per heavy atom. The zero-order chi connectivity index (χ0) is 18.8. The first-order valence-electron chi connectivity index (χ1n) is 6.87. The van der Waals surface area contributed by atoms with Crippen molar-refractivity contribution in [2.75, 3.05) is 7.11 Å². The van der Waals surface area contributed by atoms with Crippen LogP contribution < -0.4 is 15.2 Å². The predicted molar refractivity (Wildman–Crippen MR) is 84.4 cm³/mol. The Kier molecular flexibility index (Phi) is 6.78. The summed E-state index contributed by atoms with van der Waals surface area (Å²) in [6.07, 6.45) is -9.52. The first-order chi connectivity index (χ1) is 11.5. The number of methoxy groups -OCH3 is 1. The van der Waals surface area contributed by atoms with Gasteiger partial charge in [-0.05, 0) is 35.4 Å². The maximum absolute atomic E-state index is 13.2. The largest absolute Gasteiger partial charge is 0.573 e. The smallest absolute Gasteiger partial charge is 0.497 e. The molecule has 144 valence electrons. The van der Waals surface area contributed by atoms with Crippen LogP contribution in [0.1, 0.15) is 22.7 Å². The van der Waals surface area contributed by atoms with E-state index in [-0.39, 0.29) is 29.3 Å². The molecule has 0 aromatic heterocycles. The van der Waals surface area contributed by atoms with Crippen LogP contribution in [0.2, 0.25) is 0 Å². The average molecular weight is 402 g/mol. The number of ether oxygens (including phenoxy) is 2. The van der Waals surface area contributed by atoms with Gasteiger partial charge in [-0.1, -0.05) is 18.2 Å². The van der Waals surface area contributed by atoms with Crippen LogP contribution in [-0.4, -0.2) is 13.5 Å². The predicted octanol–water partition coefficient (Wildman–Crippen LogP) is 5.08. The van der Waals surface area contributed by atoms with Crippen LogP contribution in [0.15, 0.2) is 42.5 Å². The van der Waals surface area contributed by atoms with Crippen molar-refractivity contribution in [2.45, 2.75) is 18.6 Å². The van der Waals surface area contributed by atoms with Crippen LogP contribution in [-0.2, 0) is 6.18 Å². The maximum atomic E-state index is 13.2. The van der Waals surface area contributed by atoms with Gasteiger partial charge in [-0.25, -0.2) is 0 Å². The number of hydrogen-bond acceptors (Lipinski definition) is 3. The molecule has 0 amide bonds. The third-order valence-electron chi connectivity index (χ3n) is 3.37. The number of hydrogen-bond donors (Lipinski definition) is 1. The van der Waals surface area contributed by atoms with Gasteiger partial charge in [0.2, 0.25) is 0 Å². The van der Waals surface area contributed by atoms with Crippen molar-refractivity contribution < 1.29 is 35.8 Å². The minimum atomic E-state index is -4.86. The Labute approximate surface area is 151 Å². The average Bonchev–Trinajstić information content (AvgIpc) is 2.52. The molecule has 0 saturated carbocycles. The zero-order valence-corrected chi connectivity index (χ0v) is 14.0. The van der Waals surface area contributed by atoms with Gasteiger partial charge in [-0.3, -0.25) is 0 Å². The number of halogens is 7. The molecule has 10 heteroatoms. The molecule has 0 unspecified atom stereocenters. The van der Waals surface area contributed by atoms with Crippen LogP contribution in [0.5, 0.6) is 11.5 Å². The Hall–Kier alpha value is -2.13. The molecule has 3 nitrogen and oxygen atoms in total. The molecule has 2 aromatic rings. The molecule has 0 radical (unpaired) electrons. The number of rotatable bonds is 4. The lowest BCUT2D eigenvalue weighted by atomic mass is 9.94. The quantitative estimate of drug-likeness (QED) is 0.726. The van der Waals surface area contributed by atoms with Gasteiger partial charge in [0.1, 0.15) is 11.5 Å². The molecule has 0 heterocycles. The van der Waals surface area contributed by atoms with Crippen LogP contribution in [0.25, 0.3) is 0 Å². The number of alkyl halides is 6. The summed E-state index contributed by atoms with van der Waals surface area (Å²) in [6, 6.07) is 6.45. The summed E-state index contributed by atoms with van der Waals surface area (Å²) in [7, 11) is 1.23. The highest BCUT2D eigenvalue weighted by Gasteiger charge is 2.35. The second-order valence-electron chi connectivity index (χ2n) is 5.05. The fourth-order valence-electron chi connectivity index (χ4n) is 2.24. The van der Waals surface area contributed by atoms with E-state index in [2.05, 4.69) is 4.74 Å². The highest BCUT2D eigenvalue weighted by Crippen LogP contribution is 2.38. The van der Waals surface area contributed by atoms with E-state index in [0.717, 1.165) is 18.2 Å². The third kappa shape index (κ3) is 5.43. The van der Waals surface area contributed by atoms with Crippen LogP contribution in [0, 0.1) is 0 Å². The van der Waals surface area contributed by atoms with E-state index < -0.39 is 29.9 Å². The van der Waals surface area contributed by atoms with Gasteiger partial charge in [0.05, 0.1) is 18.7 Å². The fourth-order valence-corrected chi connectivity index (χ4v) is 2.24. The highest BCUT2D eigenvalue weighted by molar-refractivity contribution is 5.85. The van der Waals surface area contributed by atoms with E-state index >= 15 is 0 Å². The molecule has 0 aliphatic rings. The molecule has 0 spiro atoms. The monoisotopic (exact) mass is 401 g/mol. The second-order valence-corrected chi connectivity index (χ2v) is 5.05. The van der Waals surface area contributed by atoms with Gasteiger partial charge < -0.3 is 15.2 Å². The van der Waals surface area contributed by atoms with Crippen LogP contribution in [0.4, 0.5) is 26.3 Å². The summed E-state index contributed by atoms with van der Waals surface area (Å²) in [6.45, 7) is 0. The molecule has 2 aromatic carbocycles. The summed E-state index contributed by atoms with van der Waals surface area (Å²) < 4.78 is 84.6. The molecule has 1 atom stereocenters. The van der Waals surface area contributed by atoms with Gasteiger partial charge in [-0.2, -0.15) is 13.2 Å². The molecule has 0 saturated heterocycles. The van der Waals surface area contributed by atoms with Gasteiger partial charge in [-0.15, -0.1) is 25.6 Å². The minimum absolute atomic E-state index is 0. The Balaban J connectivity index is 0.00000338. The van der Waals surface area contributed by atoms with Gasteiger partial charge >= 0.3 is 12.5 Å². The van der Waals surface area contributed by atoms with E-state index in [1.807, 2.05) is 0 Å². The molecule has 2 rings (SSSR count). The van der Waals surface area contributed by atoms with Crippen LogP contribution >= 0.6 is 12.4 Å². The summed E-state index contributed by atoms with van der Waals surface area (Å²) in [5.74, 6) is -0.480. The van der Waals surface area contributed by atoms with E-state index in [9.17, 15) is 26.3 Å². The van der Waals surface area contributed by atoms with Gasteiger partial charge in [0.25, 0.3) is 0 Å². The van der Waals surface area contributed by atoms with Crippen molar-refractivity contribution in [1.82, 2.24) is 0 Å². The Morgan fingerprint density at radius 3 is 1.88 bits per heavy atom. The van der Waals surface area contributed by atoms with E-state index in [1.54, 1.807) is 0 Å². The summed E-state index contributed by atoms with van der Waals surface area (Å²) in [4.78, 5) is 0. The first-order valence-corrected chi connectivity index (χ1v) is 6.87. The molecular weight excluding hydrogens is 388 g/mol. The lowest BCUT2D eigenvalue weighted by Crippen LogP contribution is -2.19. The van der Waals surface area contributed by atoms with Crippen molar-refractivity contribution in [3.63, 3.8) is 0 Å². The van der Waals surface area contributed by atoms with E-state index in [4.69, 9.17) is 10.5 Å². The normalized spacial score (nSPS) is 12.9. The molecule has 0 bridgehead atoms. The Bertz CT molecular complexity index is 731. The molecule has 0 fully saturated rings. The maximum Gasteiger partial charge on any atom is 0.573 e. The summed E-state index contributed by atoms with van der Waals surface area (Å²) in [5, 5.41) is 0. The molecule has 0 aliphatic heterocycles.